The zero-order valence-electron chi connectivity index (χ0n) is 12.2. The molecule has 1 aromatic heterocycles. The topological polar surface area (TPSA) is 73.4 Å². The van der Waals surface area contributed by atoms with Gasteiger partial charge in [-0.1, -0.05) is 65.1 Å². The normalized spacial score (nSPS) is 11.3. The number of hydrogen-bond acceptors (Lipinski definition) is 4. The first-order valence-electron chi connectivity index (χ1n) is 6.73. The first-order chi connectivity index (χ1) is 10.8. The van der Waals surface area contributed by atoms with Crippen molar-refractivity contribution in [2.45, 2.75) is 17.3 Å². The number of hydrazine groups is 1. The molecule has 0 aliphatic heterocycles. The van der Waals surface area contributed by atoms with E-state index < -0.39 is 16.5 Å². The van der Waals surface area contributed by atoms with Gasteiger partial charge in [0.25, 0.3) is 0 Å². The third-order valence-corrected chi connectivity index (χ3v) is 3.27. The van der Waals surface area contributed by atoms with Crippen LogP contribution in [0.2, 0.25) is 0 Å². The maximum Gasteiger partial charge on any atom is 0.430 e. The average molecular weight is 378 g/mol. The third kappa shape index (κ3) is 4.75. The highest BCUT2D eigenvalue weighted by Crippen LogP contribution is 2.27. The standard InChI is InChI=1S/C14H15Cl3N4O2/c1-2-20-11(10-6-4-3-5-7-10)8-12(19-20)21(18)13(22)23-9-14(15,16)17/h3-8H,2,9,18H2,1H3. The SMILES string of the molecule is CCn1nc(N(N)C(=O)OCC(Cl)(Cl)Cl)cc1-c1ccccc1. The van der Waals surface area contributed by atoms with E-state index in [2.05, 4.69) is 5.10 Å². The van der Waals surface area contributed by atoms with Crippen LogP contribution in [-0.4, -0.2) is 26.3 Å². The highest BCUT2D eigenvalue weighted by molar-refractivity contribution is 6.67. The number of carbonyl (C=O) groups is 1. The number of ether oxygens (including phenoxy) is 1. The molecule has 0 fully saturated rings. The van der Waals surface area contributed by atoms with Gasteiger partial charge in [-0.15, -0.1) is 0 Å². The summed E-state index contributed by atoms with van der Waals surface area (Å²) in [7, 11) is 0. The van der Waals surface area contributed by atoms with Crippen LogP contribution in [-0.2, 0) is 11.3 Å². The molecule has 9 heteroatoms. The molecule has 0 saturated heterocycles. The van der Waals surface area contributed by atoms with E-state index in [1.807, 2.05) is 37.3 Å². The van der Waals surface area contributed by atoms with Crippen molar-refractivity contribution in [3.05, 3.63) is 36.4 Å². The molecule has 0 saturated carbocycles. The second kappa shape index (κ2) is 7.40. The maximum atomic E-state index is 11.9. The Kier molecular flexibility index (Phi) is 5.75. The summed E-state index contributed by atoms with van der Waals surface area (Å²) < 4.78 is 4.86. The van der Waals surface area contributed by atoms with E-state index in [0.29, 0.717) is 6.54 Å². The van der Waals surface area contributed by atoms with Gasteiger partial charge in [-0.3, -0.25) is 4.68 Å². The van der Waals surface area contributed by atoms with E-state index in [1.165, 1.54) is 0 Å². The Balaban J connectivity index is 2.20. The van der Waals surface area contributed by atoms with Crippen molar-refractivity contribution in [1.29, 1.82) is 0 Å². The second-order valence-electron chi connectivity index (χ2n) is 4.61. The smallest absolute Gasteiger partial charge is 0.430 e. The van der Waals surface area contributed by atoms with Crippen LogP contribution >= 0.6 is 34.8 Å². The number of alkyl halides is 3. The van der Waals surface area contributed by atoms with Gasteiger partial charge in [0.1, 0.15) is 6.61 Å². The number of aryl methyl sites for hydroxylation is 1. The molecule has 6 nitrogen and oxygen atoms in total. The Morgan fingerprint density at radius 3 is 2.57 bits per heavy atom. The molecule has 0 bridgehead atoms. The lowest BCUT2D eigenvalue weighted by molar-refractivity contribution is 0.155. The number of carbonyl (C=O) groups excluding carboxylic acids is 1. The summed E-state index contributed by atoms with van der Waals surface area (Å²) in [5.74, 6) is 5.97. The van der Waals surface area contributed by atoms with Crippen LogP contribution in [0.5, 0.6) is 0 Å². The molecule has 0 aliphatic carbocycles. The molecule has 2 N–H and O–H groups in total. The number of aromatic nitrogens is 2. The highest BCUT2D eigenvalue weighted by Gasteiger charge is 2.25. The van der Waals surface area contributed by atoms with Gasteiger partial charge < -0.3 is 4.74 Å². The number of nitrogens with zero attached hydrogens (tertiary/aromatic N) is 3. The molecule has 2 aromatic rings. The lowest BCUT2D eigenvalue weighted by atomic mass is 10.1. The Morgan fingerprint density at radius 1 is 1.35 bits per heavy atom. The molecule has 1 amide bonds. The fraction of sp³-hybridized carbons (Fsp3) is 0.286. The van der Waals surface area contributed by atoms with Crippen LogP contribution in [0, 0.1) is 0 Å². The first kappa shape index (κ1) is 17.9. The summed E-state index contributed by atoms with van der Waals surface area (Å²) in [4.78, 5) is 11.9. The Hall–Kier alpha value is -1.47. The molecule has 124 valence electrons. The summed E-state index contributed by atoms with van der Waals surface area (Å²) in [6.07, 6.45) is -0.864. The molecule has 1 aromatic carbocycles. The molecular formula is C14H15Cl3N4O2. The molecule has 23 heavy (non-hydrogen) atoms. The minimum Gasteiger partial charge on any atom is -0.444 e. The van der Waals surface area contributed by atoms with Gasteiger partial charge in [0.2, 0.25) is 3.79 Å². The summed E-state index contributed by atoms with van der Waals surface area (Å²) in [5, 5.41) is 5.06. The van der Waals surface area contributed by atoms with Gasteiger partial charge in [-0.05, 0) is 12.5 Å². The summed E-state index contributed by atoms with van der Waals surface area (Å²) >= 11 is 16.6. The van der Waals surface area contributed by atoms with Crippen LogP contribution in [0.3, 0.4) is 0 Å². The van der Waals surface area contributed by atoms with E-state index >= 15 is 0 Å². The monoisotopic (exact) mass is 376 g/mol. The average Bonchev–Trinajstić information content (AvgIpc) is 2.96. The number of hydrogen-bond donors (Lipinski definition) is 1. The van der Waals surface area contributed by atoms with E-state index in [-0.39, 0.29) is 5.82 Å². The molecule has 0 atom stereocenters. The summed E-state index contributed by atoms with van der Waals surface area (Å²) in [6, 6.07) is 11.3. The van der Waals surface area contributed by atoms with Crippen molar-refractivity contribution in [3.63, 3.8) is 0 Å². The van der Waals surface area contributed by atoms with Crippen molar-refractivity contribution < 1.29 is 9.53 Å². The largest absolute Gasteiger partial charge is 0.444 e. The zero-order valence-corrected chi connectivity index (χ0v) is 14.5. The number of nitrogens with two attached hydrogens (primary N) is 1. The minimum absolute atomic E-state index is 0.236. The van der Waals surface area contributed by atoms with Gasteiger partial charge in [0, 0.05) is 12.6 Å². The first-order valence-corrected chi connectivity index (χ1v) is 7.87. The van der Waals surface area contributed by atoms with Gasteiger partial charge in [0.05, 0.1) is 5.69 Å². The van der Waals surface area contributed by atoms with Crippen LogP contribution in [0.15, 0.2) is 36.4 Å². The molecule has 2 rings (SSSR count). The van der Waals surface area contributed by atoms with Crippen molar-refractivity contribution >= 4 is 46.7 Å². The zero-order chi connectivity index (χ0) is 17.0. The molecule has 1 heterocycles. The van der Waals surface area contributed by atoms with Crippen molar-refractivity contribution in [2.75, 3.05) is 11.6 Å². The quantitative estimate of drug-likeness (QED) is 0.381. The fourth-order valence-electron chi connectivity index (χ4n) is 1.91. The van der Waals surface area contributed by atoms with Gasteiger partial charge >= 0.3 is 6.09 Å². The van der Waals surface area contributed by atoms with Crippen LogP contribution in [0.25, 0.3) is 11.3 Å². The second-order valence-corrected chi connectivity index (χ2v) is 7.13. The minimum atomic E-state index is -1.70. The van der Waals surface area contributed by atoms with Crippen LogP contribution in [0.1, 0.15) is 6.92 Å². The third-order valence-electron chi connectivity index (χ3n) is 2.94. The summed E-state index contributed by atoms with van der Waals surface area (Å²) in [6.45, 7) is 2.14. The number of anilines is 1. The van der Waals surface area contributed by atoms with E-state index in [1.54, 1.807) is 10.7 Å². The molecule has 0 spiro atoms. The van der Waals surface area contributed by atoms with Gasteiger partial charge in [-0.25, -0.2) is 10.6 Å². The lowest BCUT2D eigenvalue weighted by Gasteiger charge is -2.16. The molecular weight excluding hydrogens is 363 g/mol. The Morgan fingerprint density at radius 2 is 2.00 bits per heavy atom. The number of amides is 1. The van der Waals surface area contributed by atoms with E-state index in [4.69, 9.17) is 45.4 Å². The van der Waals surface area contributed by atoms with Gasteiger partial charge in [0.15, 0.2) is 5.82 Å². The maximum absolute atomic E-state index is 11.9. The molecule has 0 unspecified atom stereocenters. The van der Waals surface area contributed by atoms with Gasteiger partial charge in [-0.2, -0.15) is 10.1 Å². The van der Waals surface area contributed by atoms with Crippen LogP contribution < -0.4 is 10.9 Å². The predicted molar refractivity (Wildman–Crippen MR) is 91.6 cm³/mol. The molecule has 0 radical (unpaired) electrons. The van der Waals surface area contributed by atoms with E-state index in [0.717, 1.165) is 16.3 Å². The van der Waals surface area contributed by atoms with Crippen molar-refractivity contribution in [3.8, 4) is 11.3 Å². The fourth-order valence-corrected chi connectivity index (χ4v) is 2.07. The van der Waals surface area contributed by atoms with Crippen molar-refractivity contribution in [1.82, 2.24) is 9.78 Å². The highest BCUT2D eigenvalue weighted by atomic mass is 35.6. The van der Waals surface area contributed by atoms with E-state index in [9.17, 15) is 4.79 Å². The number of halogens is 3. The number of rotatable bonds is 4. The lowest BCUT2D eigenvalue weighted by Crippen LogP contribution is -2.39. The summed E-state index contributed by atoms with van der Waals surface area (Å²) in [5.41, 5.74) is 1.78. The Labute approximate surface area is 148 Å². The predicted octanol–water partition coefficient (Wildman–Crippen LogP) is 3.76. The molecule has 0 aliphatic rings. The van der Waals surface area contributed by atoms with Crippen LogP contribution in [0.4, 0.5) is 10.6 Å². The Bertz CT molecular complexity index is 670. The van der Waals surface area contributed by atoms with Crippen molar-refractivity contribution in [2.24, 2.45) is 5.84 Å². The number of benzene rings is 1.